The van der Waals surface area contributed by atoms with E-state index in [1.807, 2.05) is 20.8 Å². The lowest BCUT2D eigenvalue weighted by Gasteiger charge is -2.37. The molecule has 1 rings (SSSR count). The molecule has 0 bridgehead atoms. The molecule has 1 fully saturated rings. The fourth-order valence-electron chi connectivity index (χ4n) is 3.53. The lowest BCUT2D eigenvalue weighted by molar-refractivity contribution is -0.121. The Hall–Kier alpha value is -1.26. The summed E-state index contributed by atoms with van der Waals surface area (Å²) in [5, 5.41) is 9.21. The van der Waals surface area contributed by atoms with Crippen LogP contribution in [0.2, 0.25) is 0 Å². The van der Waals surface area contributed by atoms with Crippen molar-refractivity contribution in [3.63, 3.8) is 0 Å². The number of nitrogens with one attached hydrogen (secondary N) is 3. The second kappa shape index (κ2) is 13.2. The van der Waals surface area contributed by atoms with Gasteiger partial charge in [0.15, 0.2) is 5.96 Å². The van der Waals surface area contributed by atoms with E-state index in [0.717, 1.165) is 44.7 Å². The highest BCUT2D eigenvalue weighted by atomic mass is 127. The third kappa shape index (κ3) is 9.70. The lowest BCUT2D eigenvalue weighted by Crippen LogP contribution is -2.58. The molecule has 3 N–H and O–H groups in total. The number of nitrogens with zero attached hydrogens (tertiary/aromatic N) is 2. The van der Waals surface area contributed by atoms with Gasteiger partial charge in [-0.15, -0.1) is 24.0 Å². The summed E-state index contributed by atoms with van der Waals surface area (Å²) in [5.41, 5.74) is -0.935. The number of hydrogen-bond acceptors (Lipinski definition) is 4. The van der Waals surface area contributed by atoms with E-state index in [9.17, 15) is 9.59 Å². The summed E-state index contributed by atoms with van der Waals surface area (Å²) >= 11 is 0. The number of likely N-dealkylation sites (tertiary alicyclic amines) is 1. The number of guanidine groups is 1. The van der Waals surface area contributed by atoms with Crippen LogP contribution >= 0.6 is 24.0 Å². The van der Waals surface area contributed by atoms with Gasteiger partial charge in [0.1, 0.15) is 5.60 Å². The molecular weight excluding hydrogens is 497 g/mol. The van der Waals surface area contributed by atoms with E-state index in [0.29, 0.717) is 18.9 Å². The number of amides is 2. The Morgan fingerprint density at radius 1 is 1.13 bits per heavy atom. The Labute approximate surface area is 199 Å². The molecule has 30 heavy (non-hydrogen) atoms. The van der Waals surface area contributed by atoms with Crippen LogP contribution in [-0.4, -0.2) is 67.7 Å². The van der Waals surface area contributed by atoms with Gasteiger partial charge in [0.25, 0.3) is 0 Å². The molecule has 0 saturated carbocycles. The van der Waals surface area contributed by atoms with Gasteiger partial charge in [-0.3, -0.25) is 9.79 Å². The molecular formula is C21H42IN5O3. The molecule has 0 aromatic carbocycles. The van der Waals surface area contributed by atoms with Crippen LogP contribution in [0.3, 0.4) is 0 Å². The first kappa shape index (κ1) is 28.7. The van der Waals surface area contributed by atoms with Crippen LogP contribution in [0, 0.1) is 5.92 Å². The van der Waals surface area contributed by atoms with Gasteiger partial charge in [0.05, 0.1) is 5.54 Å². The Kier molecular flexibility index (Phi) is 12.7. The smallest absolute Gasteiger partial charge is 0.408 e. The van der Waals surface area contributed by atoms with E-state index in [1.165, 1.54) is 0 Å². The molecule has 2 amide bonds. The molecule has 0 aliphatic carbocycles. The molecule has 8 nitrogen and oxygen atoms in total. The van der Waals surface area contributed by atoms with Gasteiger partial charge < -0.3 is 25.6 Å². The minimum absolute atomic E-state index is 0. The maximum Gasteiger partial charge on any atom is 0.408 e. The van der Waals surface area contributed by atoms with Gasteiger partial charge in [-0.25, -0.2) is 4.79 Å². The third-order valence-corrected chi connectivity index (χ3v) is 5.58. The highest BCUT2D eigenvalue weighted by Crippen LogP contribution is 2.21. The molecule has 0 aromatic rings. The number of aliphatic imine (C=N–C) groups is 1. The predicted molar refractivity (Wildman–Crippen MR) is 132 cm³/mol. The van der Waals surface area contributed by atoms with Crippen LogP contribution < -0.4 is 16.0 Å². The van der Waals surface area contributed by atoms with Crippen molar-refractivity contribution in [1.29, 1.82) is 0 Å². The Morgan fingerprint density at radius 2 is 1.70 bits per heavy atom. The molecule has 176 valence electrons. The van der Waals surface area contributed by atoms with Crippen molar-refractivity contribution >= 4 is 41.9 Å². The van der Waals surface area contributed by atoms with Crippen LogP contribution in [0.1, 0.15) is 66.7 Å². The molecule has 1 saturated heterocycles. The van der Waals surface area contributed by atoms with Gasteiger partial charge in [0, 0.05) is 40.2 Å². The lowest BCUT2D eigenvalue weighted by atomic mass is 9.92. The largest absolute Gasteiger partial charge is 0.444 e. The van der Waals surface area contributed by atoms with Crippen molar-refractivity contribution in [2.45, 2.75) is 77.9 Å². The fraction of sp³-hybridized carbons (Fsp3) is 0.857. The number of alkyl carbamates (subject to hydrolysis) is 1. The molecule has 0 unspecified atom stereocenters. The molecule has 1 aliphatic rings. The van der Waals surface area contributed by atoms with E-state index < -0.39 is 17.2 Å². The zero-order valence-electron chi connectivity index (χ0n) is 19.8. The SMILES string of the molecule is CCC(CC)(CNC(=NC)N1CCC(CC(=O)NC)CC1)NC(=O)OC(C)(C)C.I. The fourth-order valence-corrected chi connectivity index (χ4v) is 3.53. The quantitative estimate of drug-likeness (QED) is 0.263. The van der Waals surface area contributed by atoms with Gasteiger partial charge in [-0.1, -0.05) is 13.8 Å². The minimum atomic E-state index is -0.528. The predicted octanol–water partition coefficient (Wildman–Crippen LogP) is 3.11. The van der Waals surface area contributed by atoms with Crippen LogP contribution in [0.4, 0.5) is 4.79 Å². The van der Waals surface area contributed by atoms with Gasteiger partial charge >= 0.3 is 6.09 Å². The van der Waals surface area contributed by atoms with E-state index in [1.54, 1.807) is 14.1 Å². The molecule has 0 radical (unpaired) electrons. The first-order valence-corrected chi connectivity index (χ1v) is 10.8. The normalized spacial score (nSPS) is 15.8. The number of rotatable bonds is 7. The molecule has 0 atom stereocenters. The van der Waals surface area contributed by atoms with Crippen molar-refractivity contribution < 1.29 is 14.3 Å². The summed E-state index contributed by atoms with van der Waals surface area (Å²) in [7, 11) is 3.46. The maximum absolute atomic E-state index is 12.3. The van der Waals surface area contributed by atoms with E-state index >= 15 is 0 Å². The van der Waals surface area contributed by atoms with E-state index in [4.69, 9.17) is 4.74 Å². The zero-order chi connectivity index (χ0) is 22.1. The van der Waals surface area contributed by atoms with E-state index in [-0.39, 0.29) is 29.9 Å². The Balaban J connectivity index is 0.00000841. The minimum Gasteiger partial charge on any atom is -0.444 e. The standard InChI is InChI=1S/C21H41N5O3.HI/c1-8-21(9-2,25-19(28)29-20(3,4)5)15-24-18(23-7)26-12-10-16(11-13-26)14-17(27)22-6;/h16H,8-15H2,1-7H3,(H,22,27)(H,23,24)(H,25,28);1H. The number of piperidine rings is 1. The second-order valence-corrected chi connectivity index (χ2v) is 8.82. The van der Waals surface area contributed by atoms with E-state index in [2.05, 4.69) is 39.7 Å². The summed E-state index contributed by atoms with van der Waals surface area (Å²) < 4.78 is 5.45. The summed E-state index contributed by atoms with van der Waals surface area (Å²) in [6.07, 6.45) is 3.69. The summed E-state index contributed by atoms with van der Waals surface area (Å²) in [6.45, 7) is 12.0. The Bertz CT molecular complexity index is 565. The molecule has 0 aromatic heterocycles. The van der Waals surface area contributed by atoms with Gasteiger partial charge in [-0.2, -0.15) is 0 Å². The molecule has 1 aliphatic heterocycles. The van der Waals surface area contributed by atoms with Crippen molar-refractivity contribution in [2.75, 3.05) is 33.7 Å². The number of hydrogen-bond donors (Lipinski definition) is 3. The third-order valence-electron chi connectivity index (χ3n) is 5.58. The molecule has 1 heterocycles. The van der Waals surface area contributed by atoms with Crippen molar-refractivity contribution in [3.05, 3.63) is 0 Å². The number of carbonyl (C=O) groups is 2. The van der Waals surface area contributed by atoms with Crippen LogP contribution in [0.25, 0.3) is 0 Å². The summed E-state index contributed by atoms with van der Waals surface area (Å²) in [6, 6.07) is 0. The monoisotopic (exact) mass is 539 g/mol. The highest BCUT2D eigenvalue weighted by Gasteiger charge is 2.31. The van der Waals surface area contributed by atoms with Crippen LogP contribution in [0.5, 0.6) is 0 Å². The number of halogens is 1. The molecule has 9 heteroatoms. The van der Waals surface area contributed by atoms with Crippen molar-refractivity contribution in [2.24, 2.45) is 10.9 Å². The maximum atomic E-state index is 12.3. The van der Waals surface area contributed by atoms with Crippen molar-refractivity contribution in [3.8, 4) is 0 Å². The van der Waals surface area contributed by atoms with Crippen LogP contribution in [-0.2, 0) is 9.53 Å². The second-order valence-electron chi connectivity index (χ2n) is 8.82. The average molecular weight is 540 g/mol. The molecule has 0 spiro atoms. The van der Waals surface area contributed by atoms with Gasteiger partial charge in [-0.05, 0) is 52.4 Å². The first-order chi connectivity index (χ1) is 13.6. The first-order valence-electron chi connectivity index (χ1n) is 10.8. The highest BCUT2D eigenvalue weighted by molar-refractivity contribution is 14.0. The summed E-state index contributed by atoms with van der Waals surface area (Å²) in [5.74, 6) is 1.36. The van der Waals surface area contributed by atoms with Crippen LogP contribution in [0.15, 0.2) is 4.99 Å². The topological polar surface area (TPSA) is 95.1 Å². The average Bonchev–Trinajstić information content (AvgIpc) is 2.67. The zero-order valence-corrected chi connectivity index (χ0v) is 22.1. The number of ether oxygens (including phenoxy) is 1. The number of carbonyl (C=O) groups excluding carboxylic acids is 2. The summed E-state index contributed by atoms with van der Waals surface area (Å²) in [4.78, 5) is 30.6. The van der Waals surface area contributed by atoms with Gasteiger partial charge in [0.2, 0.25) is 5.91 Å². The Morgan fingerprint density at radius 3 is 2.13 bits per heavy atom. The van der Waals surface area contributed by atoms with Crippen molar-refractivity contribution in [1.82, 2.24) is 20.9 Å².